The summed E-state index contributed by atoms with van der Waals surface area (Å²) in [6.45, 7) is 1.99. The summed E-state index contributed by atoms with van der Waals surface area (Å²) in [5, 5.41) is 0.695. The Balaban J connectivity index is 2.05. The Morgan fingerprint density at radius 3 is 2.21 bits per heavy atom. The Morgan fingerprint density at radius 2 is 1.64 bits per heavy atom. The average molecular weight is 419 g/mol. The van der Waals surface area contributed by atoms with E-state index in [0.29, 0.717) is 21.4 Å². The molecule has 3 rings (SSSR count). The van der Waals surface area contributed by atoms with Gasteiger partial charge in [-0.15, -0.1) is 0 Å². The molecule has 0 spiro atoms. The molecule has 0 saturated carbocycles. The largest absolute Gasteiger partial charge is 0.497 e. The van der Waals surface area contributed by atoms with E-state index < -0.39 is 5.82 Å². The van der Waals surface area contributed by atoms with Gasteiger partial charge in [0.05, 0.1) is 22.7 Å². The second-order valence-corrected chi connectivity index (χ2v) is 6.86. The van der Waals surface area contributed by atoms with Crippen molar-refractivity contribution in [3.63, 3.8) is 0 Å². The molecule has 0 aliphatic heterocycles. The van der Waals surface area contributed by atoms with Crippen LogP contribution >= 0.6 is 23.2 Å². The number of aryl methyl sites for hydroxylation is 1. The fourth-order valence-corrected chi connectivity index (χ4v) is 3.29. The summed E-state index contributed by atoms with van der Waals surface area (Å²) < 4.78 is 24.3. The Bertz CT molecular complexity index is 994. The maximum atomic E-state index is 13.2. The molecule has 0 unspecified atom stereocenters. The van der Waals surface area contributed by atoms with Crippen molar-refractivity contribution < 1.29 is 18.7 Å². The first-order valence-electron chi connectivity index (χ1n) is 8.57. The third kappa shape index (κ3) is 4.29. The van der Waals surface area contributed by atoms with E-state index in [1.807, 2.05) is 6.92 Å². The van der Waals surface area contributed by atoms with Crippen LogP contribution < -0.4 is 9.47 Å². The molecule has 0 aromatic heterocycles. The number of benzene rings is 3. The van der Waals surface area contributed by atoms with E-state index in [-0.39, 0.29) is 22.8 Å². The molecule has 0 aliphatic rings. The third-order valence-corrected chi connectivity index (χ3v) is 4.78. The molecular weight excluding hydrogens is 402 g/mol. The molecule has 0 N–H and O–H groups in total. The van der Waals surface area contributed by atoms with Gasteiger partial charge < -0.3 is 9.47 Å². The lowest BCUT2D eigenvalue weighted by Crippen LogP contribution is -2.05. The minimum Gasteiger partial charge on any atom is -0.497 e. The standard InChI is InChI=1S/C22H17Cl2FO3/c1-3-13-10-18(23)22(19(24)11-13)28-20-9-8-16(27-2)12-17(20)21(26)14-4-6-15(25)7-5-14/h4-12H,3H2,1-2H3. The maximum Gasteiger partial charge on any atom is 0.196 e. The number of halogens is 3. The predicted octanol–water partition coefficient (Wildman–Crippen LogP) is 6.73. The molecule has 0 heterocycles. The molecule has 6 heteroatoms. The Hall–Kier alpha value is -2.56. The molecule has 3 aromatic carbocycles. The molecule has 0 aliphatic carbocycles. The molecule has 0 amide bonds. The van der Waals surface area contributed by atoms with E-state index in [9.17, 15) is 9.18 Å². The highest BCUT2D eigenvalue weighted by molar-refractivity contribution is 6.37. The van der Waals surface area contributed by atoms with E-state index in [2.05, 4.69) is 0 Å². The molecule has 0 radical (unpaired) electrons. The highest BCUT2D eigenvalue weighted by atomic mass is 35.5. The Labute approximate surface area is 172 Å². The number of hydrogen-bond acceptors (Lipinski definition) is 3. The van der Waals surface area contributed by atoms with Crippen LogP contribution in [-0.2, 0) is 6.42 Å². The van der Waals surface area contributed by atoms with Crippen LogP contribution in [0.4, 0.5) is 4.39 Å². The molecule has 144 valence electrons. The summed E-state index contributed by atoms with van der Waals surface area (Å²) in [6.07, 6.45) is 0.774. The molecule has 0 fully saturated rings. The Morgan fingerprint density at radius 1 is 1.00 bits per heavy atom. The van der Waals surface area contributed by atoms with Crippen molar-refractivity contribution in [1.82, 2.24) is 0 Å². The Kier molecular flexibility index (Phi) is 6.22. The van der Waals surface area contributed by atoms with E-state index in [1.54, 1.807) is 30.3 Å². The average Bonchev–Trinajstić information content (AvgIpc) is 2.70. The van der Waals surface area contributed by atoms with Crippen molar-refractivity contribution in [2.75, 3.05) is 7.11 Å². The minimum absolute atomic E-state index is 0.248. The van der Waals surface area contributed by atoms with Crippen molar-refractivity contribution in [1.29, 1.82) is 0 Å². The molecule has 0 bridgehead atoms. The summed E-state index contributed by atoms with van der Waals surface area (Å²) in [5.74, 6) is 0.248. The van der Waals surface area contributed by atoms with Crippen molar-refractivity contribution in [2.24, 2.45) is 0 Å². The second-order valence-electron chi connectivity index (χ2n) is 6.04. The predicted molar refractivity (Wildman–Crippen MR) is 109 cm³/mol. The van der Waals surface area contributed by atoms with E-state index in [4.69, 9.17) is 32.7 Å². The molecule has 0 atom stereocenters. The SMILES string of the molecule is CCc1cc(Cl)c(Oc2ccc(OC)cc2C(=O)c2ccc(F)cc2)c(Cl)c1. The summed E-state index contributed by atoms with van der Waals surface area (Å²) in [4.78, 5) is 13.0. The van der Waals surface area contributed by atoms with Gasteiger partial charge in [-0.05, 0) is 66.6 Å². The minimum atomic E-state index is -0.423. The zero-order valence-corrected chi connectivity index (χ0v) is 16.8. The van der Waals surface area contributed by atoms with E-state index in [1.165, 1.54) is 31.4 Å². The fraction of sp³-hybridized carbons (Fsp3) is 0.136. The highest BCUT2D eigenvalue weighted by Crippen LogP contribution is 2.39. The molecule has 28 heavy (non-hydrogen) atoms. The van der Waals surface area contributed by atoms with Gasteiger partial charge in [0.1, 0.15) is 17.3 Å². The molecular formula is C22H17Cl2FO3. The van der Waals surface area contributed by atoms with E-state index in [0.717, 1.165) is 12.0 Å². The summed E-state index contributed by atoms with van der Waals surface area (Å²) in [5.41, 5.74) is 1.54. The summed E-state index contributed by atoms with van der Waals surface area (Å²) in [6, 6.07) is 13.7. The quantitative estimate of drug-likeness (QED) is 0.416. The number of carbonyl (C=O) groups excluding carboxylic acids is 1. The number of hydrogen-bond donors (Lipinski definition) is 0. The van der Waals surface area contributed by atoms with Crippen LogP contribution in [0.3, 0.4) is 0 Å². The van der Waals surface area contributed by atoms with Gasteiger partial charge in [-0.3, -0.25) is 4.79 Å². The number of ketones is 1. The van der Waals surface area contributed by atoms with Gasteiger partial charge in [-0.25, -0.2) is 4.39 Å². The van der Waals surface area contributed by atoms with Gasteiger partial charge >= 0.3 is 0 Å². The normalized spacial score (nSPS) is 10.6. The first-order valence-corrected chi connectivity index (χ1v) is 9.32. The molecule has 3 aromatic rings. The zero-order chi connectivity index (χ0) is 20.3. The van der Waals surface area contributed by atoms with Crippen LogP contribution in [0, 0.1) is 5.82 Å². The monoisotopic (exact) mass is 418 g/mol. The molecule has 0 saturated heterocycles. The lowest BCUT2D eigenvalue weighted by molar-refractivity contribution is 0.103. The maximum absolute atomic E-state index is 13.2. The number of ether oxygens (including phenoxy) is 2. The van der Waals surface area contributed by atoms with Crippen LogP contribution in [0.25, 0.3) is 0 Å². The van der Waals surface area contributed by atoms with E-state index >= 15 is 0 Å². The van der Waals surface area contributed by atoms with Crippen LogP contribution in [0.5, 0.6) is 17.2 Å². The number of methoxy groups -OCH3 is 1. The lowest BCUT2D eigenvalue weighted by atomic mass is 10.0. The number of carbonyl (C=O) groups is 1. The topological polar surface area (TPSA) is 35.5 Å². The highest BCUT2D eigenvalue weighted by Gasteiger charge is 2.19. The van der Waals surface area contributed by atoms with Gasteiger partial charge in [0.25, 0.3) is 0 Å². The van der Waals surface area contributed by atoms with Gasteiger partial charge in [0, 0.05) is 5.56 Å². The van der Waals surface area contributed by atoms with Crippen molar-refractivity contribution in [3.8, 4) is 17.2 Å². The van der Waals surface area contributed by atoms with Crippen LogP contribution in [0.15, 0.2) is 54.6 Å². The first-order chi connectivity index (χ1) is 13.4. The van der Waals surface area contributed by atoms with Crippen molar-refractivity contribution in [2.45, 2.75) is 13.3 Å². The summed E-state index contributed by atoms with van der Waals surface area (Å²) >= 11 is 12.7. The zero-order valence-electron chi connectivity index (χ0n) is 15.3. The van der Waals surface area contributed by atoms with Gasteiger partial charge in [-0.1, -0.05) is 30.1 Å². The fourth-order valence-electron chi connectivity index (χ4n) is 2.68. The smallest absolute Gasteiger partial charge is 0.196 e. The van der Waals surface area contributed by atoms with Crippen molar-refractivity contribution >= 4 is 29.0 Å². The lowest BCUT2D eigenvalue weighted by Gasteiger charge is -2.15. The number of rotatable bonds is 6. The summed E-state index contributed by atoms with van der Waals surface area (Å²) in [7, 11) is 1.50. The molecule has 3 nitrogen and oxygen atoms in total. The van der Waals surface area contributed by atoms with Crippen LogP contribution in [0.2, 0.25) is 10.0 Å². The van der Waals surface area contributed by atoms with Gasteiger partial charge in [0.2, 0.25) is 0 Å². The third-order valence-electron chi connectivity index (χ3n) is 4.22. The van der Waals surface area contributed by atoms with Gasteiger partial charge in [0.15, 0.2) is 11.5 Å². The second kappa shape index (κ2) is 8.63. The van der Waals surface area contributed by atoms with Crippen LogP contribution in [-0.4, -0.2) is 12.9 Å². The van der Waals surface area contributed by atoms with Gasteiger partial charge in [-0.2, -0.15) is 0 Å². The van der Waals surface area contributed by atoms with Crippen LogP contribution in [0.1, 0.15) is 28.4 Å². The van der Waals surface area contributed by atoms with Crippen molar-refractivity contribution in [3.05, 3.63) is 87.2 Å². The first kappa shape index (κ1) is 20.2.